The van der Waals surface area contributed by atoms with Crippen molar-refractivity contribution in [3.63, 3.8) is 0 Å². The molecule has 0 spiro atoms. The largest absolute Gasteiger partial charge is 0.314 e. The van der Waals surface area contributed by atoms with Gasteiger partial charge in [-0.15, -0.1) is 0 Å². The number of likely N-dealkylation sites (tertiary alicyclic amines) is 1. The molecule has 2 nitrogen and oxygen atoms in total. The maximum absolute atomic E-state index is 3.71. The molecule has 118 valence electrons. The summed E-state index contributed by atoms with van der Waals surface area (Å²) in [4.78, 5) is 2.83. The van der Waals surface area contributed by atoms with Gasteiger partial charge in [-0.05, 0) is 82.8 Å². The Morgan fingerprint density at radius 2 is 1.75 bits per heavy atom. The highest BCUT2D eigenvalue weighted by atomic mass is 15.2. The number of rotatable bonds is 5. The van der Waals surface area contributed by atoms with Gasteiger partial charge in [-0.25, -0.2) is 0 Å². The first kappa shape index (κ1) is 16.3. The first-order valence-corrected chi connectivity index (χ1v) is 9.18. The van der Waals surface area contributed by atoms with Crippen LogP contribution in [-0.4, -0.2) is 36.6 Å². The molecule has 1 N–H and O–H groups in total. The number of nitrogens with zero attached hydrogens (tertiary/aromatic N) is 1. The molecule has 1 aliphatic carbocycles. The summed E-state index contributed by atoms with van der Waals surface area (Å²) in [5.74, 6) is 1.85. The molecule has 2 heteroatoms. The van der Waals surface area contributed by atoms with E-state index in [1.807, 2.05) is 0 Å². The molecule has 1 aliphatic heterocycles. The van der Waals surface area contributed by atoms with Crippen LogP contribution in [0.5, 0.6) is 0 Å². The summed E-state index contributed by atoms with van der Waals surface area (Å²) in [5.41, 5.74) is 0. The minimum atomic E-state index is 0.807. The van der Waals surface area contributed by atoms with Crippen LogP contribution >= 0.6 is 0 Å². The fraction of sp³-hybridized carbons (Fsp3) is 1.00. The smallest absolute Gasteiger partial charge is 0.00964 e. The Morgan fingerprint density at radius 3 is 2.40 bits per heavy atom. The summed E-state index contributed by atoms with van der Waals surface area (Å²) in [6.07, 6.45) is 11.2. The molecule has 2 aliphatic rings. The van der Waals surface area contributed by atoms with E-state index in [1.54, 1.807) is 0 Å². The van der Waals surface area contributed by atoms with Gasteiger partial charge in [0, 0.05) is 12.1 Å². The topological polar surface area (TPSA) is 15.3 Å². The molecule has 0 amide bonds. The van der Waals surface area contributed by atoms with Crippen molar-refractivity contribution >= 4 is 0 Å². The minimum absolute atomic E-state index is 0.807. The van der Waals surface area contributed by atoms with Gasteiger partial charge in [-0.2, -0.15) is 0 Å². The average Bonchev–Trinajstić information content (AvgIpc) is 2.71. The van der Waals surface area contributed by atoms with E-state index in [1.165, 1.54) is 71.0 Å². The average molecular weight is 280 g/mol. The predicted molar refractivity (Wildman–Crippen MR) is 88.1 cm³/mol. The first-order valence-electron chi connectivity index (χ1n) is 9.18. The predicted octanol–water partition coefficient (Wildman–Crippen LogP) is 4.06. The SMILES string of the molecule is CCCNC1CCC(N2CCCC(C(C)C)CC2)CC1. The van der Waals surface area contributed by atoms with E-state index in [9.17, 15) is 0 Å². The molecule has 0 bridgehead atoms. The van der Waals surface area contributed by atoms with Crippen molar-refractivity contribution in [1.29, 1.82) is 0 Å². The highest BCUT2D eigenvalue weighted by Gasteiger charge is 2.27. The Balaban J connectivity index is 1.73. The van der Waals surface area contributed by atoms with Gasteiger partial charge in [0.05, 0.1) is 0 Å². The van der Waals surface area contributed by atoms with Crippen molar-refractivity contribution in [1.82, 2.24) is 10.2 Å². The van der Waals surface area contributed by atoms with Gasteiger partial charge in [-0.3, -0.25) is 0 Å². The van der Waals surface area contributed by atoms with E-state index >= 15 is 0 Å². The van der Waals surface area contributed by atoms with E-state index in [0.717, 1.165) is 23.9 Å². The van der Waals surface area contributed by atoms with Crippen molar-refractivity contribution in [2.24, 2.45) is 11.8 Å². The molecule has 1 saturated heterocycles. The van der Waals surface area contributed by atoms with Crippen molar-refractivity contribution in [2.45, 2.75) is 84.2 Å². The molecule has 1 unspecified atom stereocenters. The quantitative estimate of drug-likeness (QED) is 0.817. The van der Waals surface area contributed by atoms with Gasteiger partial charge in [0.2, 0.25) is 0 Å². The molecule has 1 heterocycles. The lowest BCUT2D eigenvalue weighted by molar-refractivity contribution is 0.145. The van der Waals surface area contributed by atoms with Crippen LogP contribution in [0.15, 0.2) is 0 Å². The van der Waals surface area contributed by atoms with Crippen LogP contribution in [0.1, 0.15) is 72.1 Å². The van der Waals surface area contributed by atoms with Crippen molar-refractivity contribution < 1.29 is 0 Å². The Labute approximate surface area is 126 Å². The number of nitrogens with one attached hydrogen (secondary N) is 1. The zero-order valence-corrected chi connectivity index (χ0v) is 14.0. The fourth-order valence-electron chi connectivity index (χ4n) is 4.17. The normalized spacial score (nSPS) is 33.3. The monoisotopic (exact) mass is 280 g/mol. The Bertz CT molecular complexity index is 256. The van der Waals surface area contributed by atoms with E-state index in [4.69, 9.17) is 0 Å². The Morgan fingerprint density at radius 1 is 1.00 bits per heavy atom. The summed E-state index contributed by atoms with van der Waals surface area (Å²) >= 11 is 0. The third-order valence-corrected chi connectivity index (χ3v) is 5.65. The van der Waals surface area contributed by atoms with Crippen LogP contribution in [0.2, 0.25) is 0 Å². The summed E-state index contributed by atoms with van der Waals surface area (Å²) in [6, 6.07) is 1.70. The van der Waals surface area contributed by atoms with Crippen molar-refractivity contribution in [3.05, 3.63) is 0 Å². The second-order valence-corrected chi connectivity index (χ2v) is 7.43. The van der Waals surface area contributed by atoms with E-state index in [-0.39, 0.29) is 0 Å². The van der Waals surface area contributed by atoms with Gasteiger partial charge >= 0.3 is 0 Å². The molecule has 2 fully saturated rings. The van der Waals surface area contributed by atoms with Gasteiger partial charge in [0.15, 0.2) is 0 Å². The van der Waals surface area contributed by atoms with Crippen LogP contribution in [0, 0.1) is 11.8 Å². The maximum Gasteiger partial charge on any atom is 0.00964 e. The molecule has 1 atom stereocenters. The second-order valence-electron chi connectivity index (χ2n) is 7.43. The lowest BCUT2D eigenvalue weighted by atomic mass is 9.89. The van der Waals surface area contributed by atoms with Gasteiger partial charge in [0.25, 0.3) is 0 Å². The van der Waals surface area contributed by atoms with Crippen LogP contribution in [0.25, 0.3) is 0 Å². The van der Waals surface area contributed by atoms with Crippen LogP contribution in [0.4, 0.5) is 0 Å². The molecular weight excluding hydrogens is 244 g/mol. The van der Waals surface area contributed by atoms with E-state index in [0.29, 0.717) is 0 Å². The molecule has 0 aromatic heterocycles. The summed E-state index contributed by atoms with van der Waals surface area (Å²) in [6.45, 7) is 11.0. The Kier molecular flexibility index (Phi) is 6.83. The van der Waals surface area contributed by atoms with Crippen LogP contribution < -0.4 is 5.32 Å². The minimum Gasteiger partial charge on any atom is -0.314 e. The first-order chi connectivity index (χ1) is 9.70. The highest BCUT2D eigenvalue weighted by molar-refractivity contribution is 4.84. The lowest BCUT2D eigenvalue weighted by Crippen LogP contribution is -2.43. The molecule has 2 rings (SSSR count). The van der Waals surface area contributed by atoms with Crippen LogP contribution in [0.3, 0.4) is 0 Å². The van der Waals surface area contributed by atoms with Gasteiger partial charge in [0.1, 0.15) is 0 Å². The van der Waals surface area contributed by atoms with Crippen molar-refractivity contribution in [3.8, 4) is 0 Å². The zero-order valence-electron chi connectivity index (χ0n) is 14.0. The van der Waals surface area contributed by atoms with Crippen molar-refractivity contribution in [2.75, 3.05) is 19.6 Å². The maximum atomic E-state index is 3.71. The van der Waals surface area contributed by atoms with Crippen LogP contribution in [-0.2, 0) is 0 Å². The summed E-state index contributed by atoms with van der Waals surface area (Å²) in [7, 11) is 0. The van der Waals surface area contributed by atoms with Gasteiger partial charge < -0.3 is 10.2 Å². The second kappa shape index (κ2) is 8.38. The standard InChI is InChI=1S/C18H36N2/c1-4-12-19-17-7-9-18(10-8-17)20-13-5-6-16(11-14-20)15(2)3/h15-19H,4-14H2,1-3H3. The van der Waals surface area contributed by atoms with E-state index < -0.39 is 0 Å². The molecule has 20 heavy (non-hydrogen) atoms. The van der Waals surface area contributed by atoms with Gasteiger partial charge in [-0.1, -0.05) is 20.8 Å². The molecule has 0 aromatic carbocycles. The lowest BCUT2D eigenvalue weighted by Gasteiger charge is -2.36. The fourth-order valence-corrected chi connectivity index (χ4v) is 4.17. The summed E-state index contributed by atoms with van der Waals surface area (Å²) in [5, 5.41) is 3.71. The molecule has 0 aromatic rings. The third kappa shape index (κ3) is 4.73. The third-order valence-electron chi connectivity index (χ3n) is 5.65. The number of hydrogen-bond donors (Lipinski definition) is 1. The molecule has 1 saturated carbocycles. The Hall–Kier alpha value is -0.0800. The molecular formula is C18H36N2. The highest BCUT2D eigenvalue weighted by Crippen LogP contribution is 2.29. The summed E-state index contributed by atoms with van der Waals surface area (Å²) < 4.78 is 0. The number of hydrogen-bond acceptors (Lipinski definition) is 2. The van der Waals surface area contributed by atoms with E-state index in [2.05, 4.69) is 31.0 Å². The zero-order chi connectivity index (χ0) is 14.4. The molecule has 0 radical (unpaired) electrons.